The SMILES string of the molecule is COCCNCc1nnc(Oc2cc(C)cc(C)c2C)s1. The molecule has 5 nitrogen and oxygen atoms in total. The molecular weight excluding hydrogens is 286 g/mol. The molecule has 0 fully saturated rings. The molecule has 0 unspecified atom stereocenters. The van der Waals surface area contributed by atoms with Gasteiger partial charge in [0.25, 0.3) is 5.19 Å². The van der Waals surface area contributed by atoms with Gasteiger partial charge in [-0.1, -0.05) is 22.5 Å². The zero-order valence-electron chi connectivity index (χ0n) is 12.9. The van der Waals surface area contributed by atoms with Gasteiger partial charge >= 0.3 is 0 Å². The van der Waals surface area contributed by atoms with Crippen molar-refractivity contribution >= 4 is 11.3 Å². The van der Waals surface area contributed by atoms with E-state index >= 15 is 0 Å². The molecule has 1 heterocycles. The normalized spacial score (nSPS) is 10.9. The van der Waals surface area contributed by atoms with Crippen LogP contribution in [0.1, 0.15) is 21.7 Å². The summed E-state index contributed by atoms with van der Waals surface area (Å²) in [6.45, 7) is 8.35. The zero-order valence-corrected chi connectivity index (χ0v) is 13.7. The van der Waals surface area contributed by atoms with Gasteiger partial charge < -0.3 is 14.8 Å². The van der Waals surface area contributed by atoms with Crippen molar-refractivity contribution in [1.82, 2.24) is 15.5 Å². The molecule has 0 amide bonds. The Labute approximate surface area is 129 Å². The van der Waals surface area contributed by atoms with Gasteiger partial charge in [-0.05, 0) is 43.5 Å². The summed E-state index contributed by atoms with van der Waals surface area (Å²) in [5.41, 5.74) is 3.53. The standard InChI is InChI=1S/C15H21N3O2S/c1-10-7-11(2)12(3)13(8-10)20-15-18-17-14(21-15)9-16-5-6-19-4/h7-8,16H,5-6,9H2,1-4H3. The van der Waals surface area contributed by atoms with Crippen molar-refractivity contribution in [3.05, 3.63) is 33.8 Å². The van der Waals surface area contributed by atoms with Gasteiger partial charge in [0.2, 0.25) is 0 Å². The van der Waals surface area contributed by atoms with Gasteiger partial charge in [-0.3, -0.25) is 0 Å². The lowest BCUT2D eigenvalue weighted by Gasteiger charge is -2.09. The molecule has 0 aliphatic carbocycles. The number of benzene rings is 1. The third-order valence-corrected chi connectivity index (χ3v) is 3.97. The number of hydrogen-bond donors (Lipinski definition) is 1. The largest absolute Gasteiger partial charge is 0.430 e. The lowest BCUT2D eigenvalue weighted by molar-refractivity contribution is 0.199. The van der Waals surface area contributed by atoms with Crippen LogP contribution >= 0.6 is 11.3 Å². The fourth-order valence-corrected chi connectivity index (χ4v) is 2.59. The van der Waals surface area contributed by atoms with Crippen molar-refractivity contribution in [3.63, 3.8) is 0 Å². The molecule has 0 saturated heterocycles. The van der Waals surface area contributed by atoms with Crippen LogP contribution in [0, 0.1) is 20.8 Å². The first kappa shape index (κ1) is 15.9. The van der Waals surface area contributed by atoms with E-state index in [1.807, 2.05) is 6.07 Å². The van der Waals surface area contributed by atoms with Gasteiger partial charge in [0.1, 0.15) is 10.8 Å². The van der Waals surface area contributed by atoms with Gasteiger partial charge in [-0.2, -0.15) is 0 Å². The Morgan fingerprint density at radius 1 is 1.19 bits per heavy atom. The van der Waals surface area contributed by atoms with Crippen LogP contribution in [0.15, 0.2) is 12.1 Å². The number of rotatable bonds is 7. The minimum Gasteiger partial charge on any atom is -0.430 e. The van der Waals surface area contributed by atoms with Gasteiger partial charge in [-0.15, -0.1) is 5.10 Å². The predicted octanol–water partition coefficient (Wildman–Crippen LogP) is 2.99. The van der Waals surface area contributed by atoms with Crippen molar-refractivity contribution in [2.75, 3.05) is 20.3 Å². The Morgan fingerprint density at radius 2 is 2.00 bits per heavy atom. The molecule has 0 saturated carbocycles. The second-order valence-corrected chi connectivity index (χ2v) is 5.96. The zero-order chi connectivity index (χ0) is 15.2. The number of methoxy groups -OCH3 is 1. The van der Waals surface area contributed by atoms with Crippen LogP contribution in [0.4, 0.5) is 0 Å². The van der Waals surface area contributed by atoms with E-state index in [1.54, 1.807) is 7.11 Å². The van der Waals surface area contributed by atoms with E-state index in [-0.39, 0.29) is 0 Å². The third kappa shape index (κ3) is 4.49. The average molecular weight is 307 g/mol. The van der Waals surface area contributed by atoms with Crippen LogP contribution in [0.2, 0.25) is 0 Å². The van der Waals surface area contributed by atoms with Gasteiger partial charge in [-0.25, -0.2) is 0 Å². The summed E-state index contributed by atoms with van der Waals surface area (Å²) in [6, 6.07) is 4.17. The summed E-state index contributed by atoms with van der Waals surface area (Å²) in [5.74, 6) is 0.850. The molecule has 1 N–H and O–H groups in total. The number of hydrogen-bond acceptors (Lipinski definition) is 6. The minimum absolute atomic E-state index is 0.576. The van der Waals surface area contributed by atoms with Crippen LogP contribution < -0.4 is 10.1 Å². The Hall–Kier alpha value is -1.50. The first-order valence-corrected chi connectivity index (χ1v) is 7.69. The van der Waals surface area contributed by atoms with Gasteiger partial charge in [0, 0.05) is 20.2 Å². The average Bonchev–Trinajstić information content (AvgIpc) is 2.88. The van der Waals surface area contributed by atoms with Crippen molar-refractivity contribution in [2.45, 2.75) is 27.3 Å². The van der Waals surface area contributed by atoms with E-state index in [0.717, 1.165) is 22.9 Å². The number of nitrogens with one attached hydrogen (secondary N) is 1. The Balaban J connectivity index is 1.99. The molecule has 2 rings (SSSR count). The number of nitrogens with zero attached hydrogens (tertiary/aromatic N) is 2. The number of aromatic nitrogens is 2. The molecule has 21 heavy (non-hydrogen) atoms. The lowest BCUT2D eigenvalue weighted by atomic mass is 10.1. The van der Waals surface area contributed by atoms with E-state index in [2.05, 4.69) is 42.4 Å². The quantitative estimate of drug-likeness (QED) is 0.797. The highest BCUT2D eigenvalue weighted by Crippen LogP contribution is 2.30. The predicted molar refractivity (Wildman–Crippen MR) is 84.2 cm³/mol. The highest BCUT2D eigenvalue weighted by molar-refractivity contribution is 7.13. The van der Waals surface area contributed by atoms with Gasteiger partial charge in [0.15, 0.2) is 0 Å². The minimum atomic E-state index is 0.576. The molecule has 114 valence electrons. The maximum Gasteiger partial charge on any atom is 0.299 e. The first-order chi connectivity index (χ1) is 10.1. The Kier molecular flexibility index (Phi) is 5.67. The summed E-state index contributed by atoms with van der Waals surface area (Å²) in [6.07, 6.45) is 0. The van der Waals surface area contributed by atoms with Crippen LogP contribution in [0.5, 0.6) is 10.9 Å². The van der Waals surface area contributed by atoms with E-state index in [9.17, 15) is 0 Å². The maximum atomic E-state index is 5.87. The molecular formula is C15H21N3O2S. The topological polar surface area (TPSA) is 56.3 Å². The summed E-state index contributed by atoms with van der Waals surface area (Å²) in [7, 11) is 1.69. The van der Waals surface area contributed by atoms with Crippen LogP contribution in [-0.2, 0) is 11.3 Å². The van der Waals surface area contributed by atoms with Crippen molar-refractivity contribution in [1.29, 1.82) is 0 Å². The fourth-order valence-electron chi connectivity index (χ4n) is 1.92. The van der Waals surface area contributed by atoms with Gasteiger partial charge in [0.05, 0.1) is 6.61 Å². The molecule has 1 aromatic heterocycles. The summed E-state index contributed by atoms with van der Waals surface area (Å²) < 4.78 is 10.9. The van der Waals surface area contributed by atoms with Crippen LogP contribution in [0.3, 0.4) is 0 Å². The summed E-state index contributed by atoms with van der Waals surface area (Å²) in [4.78, 5) is 0. The molecule has 0 atom stereocenters. The molecule has 2 aromatic rings. The fraction of sp³-hybridized carbons (Fsp3) is 0.467. The summed E-state index contributed by atoms with van der Waals surface area (Å²) in [5, 5.41) is 12.9. The first-order valence-electron chi connectivity index (χ1n) is 6.88. The monoisotopic (exact) mass is 307 g/mol. The molecule has 6 heteroatoms. The highest BCUT2D eigenvalue weighted by atomic mass is 32.1. The molecule has 0 bridgehead atoms. The number of aryl methyl sites for hydroxylation is 2. The van der Waals surface area contributed by atoms with Crippen molar-refractivity contribution in [3.8, 4) is 10.9 Å². The van der Waals surface area contributed by atoms with E-state index in [1.165, 1.54) is 22.5 Å². The molecule has 1 aromatic carbocycles. The smallest absolute Gasteiger partial charge is 0.299 e. The van der Waals surface area contributed by atoms with E-state index in [0.29, 0.717) is 18.3 Å². The lowest BCUT2D eigenvalue weighted by Crippen LogP contribution is -2.18. The molecule has 0 aliphatic rings. The van der Waals surface area contributed by atoms with Crippen LogP contribution in [-0.4, -0.2) is 30.5 Å². The van der Waals surface area contributed by atoms with Crippen molar-refractivity contribution in [2.24, 2.45) is 0 Å². The molecule has 0 spiro atoms. The maximum absolute atomic E-state index is 5.87. The third-order valence-electron chi connectivity index (χ3n) is 3.17. The summed E-state index contributed by atoms with van der Waals surface area (Å²) >= 11 is 1.46. The van der Waals surface area contributed by atoms with Crippen LogP contribution in [0.25, 0.3) is 0 Å². The second-order valence-electron chi connectivity index (χ2n) is 4.94. The Morgan fingerprint density at radius 3 is 2.76 bits per heavy atom. The van der Waals surface area contributed by atoms with E-state index in [4.69, 9.17) is 9.47 Å². The Bertz CT molecular complexity index is 599. The van der Waals surface area contributed by atoms with E-state index < -0.39 is 0 Å². The number of ether oxygens (including phenoxy) is 2. The highest BCUT2D eigenvalue weighted by Gasteiger charge is 2.09. The second kappa shape index (κ2) is 7.49. The van der Waals surface area contributed by atoms with Crippen molar-refractivity contribution < 1.29 is 9.47 Å². The molecule has 0 aliphatic heterocycles. The molecule has 0 radical (unpaired) electrons.